The van der Waals surface area contributed by atoms with Gasteiger partial charge in [0.2, 0.25) is 0 Å². The quantitative estimate of drug-likeness (QED) is 0.244. The van der Waals surface area contributed by atoms with E-state index in [1.165, 1.54) is 32.1 Å². The molecule has 0 aromatic rings. The SMILES string of the molecule is CCCCCCCCSOO[O-]. The van der Waals surface area contributed by atoms with E-state index in [0.29, 0.717) is 0 Å². The van der Waals surface area contributed by atoms with Gasteiger partial charge in [-0.1, -0.05) is 39.0 Å². The highest BCUT2D eigenvalue weighted by atomic mass is 32.2. The van der Waals surface area contributed by atoms with Crippen LogP contribution in [0.15, 0.2) is 0 Å². The molecule has 0 amide bonds. The van der Waals surface area contributed by atoms with Crippen LogP contribution in [0.4, 0.5) is 0 Å². The van der Waals surface area contributed by atoms with Crippen molar-refractivity contribution < 1.29 is 14.6 Å². The summed E-state index contributed by atoms with van der Waals surface area (Å²) in [6.45, 7) is 2.20. The molecule has 0 fully saturated rings. The number of hydrogen-bond donors (Lipinski definition) is 0. The summed E-state index contributed by atoms with van der Waals surface area (Å²) in [6, 6.07) is 0. The highest BCUT2D eigenvalue weighted by molar-refractivity contribution is 7.94. The molecule has 0 aliphatic heterocycles. The zero-order valence-electron chi connectivity index (χ0n) is 7.58. The van der Waals surface area contributed by atoms with Crippen molar-refractivity contribution in [1.82, 2.24) is 0 Å². The molecule has 0 atom stereocenters. The lowest BCUT2D eigenvalue weighted by Gasteiger charge is -2.03. The zero-order valence-corrected chi connectivity index (χ0v) is 8.40. The van der Waals surface area contributed by atoms with Crippen LogP contribution in [0.25, 0.3) is 0 Å². The van der Waals surface area contributed by atoms with Crippen LogP contribution in [0, 0.1) is 0 Å². The summed E-state index contributed by atoms with van der Waals surface area (Å²) in [5.41, 5.74) is 0. The van der Waals surface area contributed by atoms with Gasteiger partial charge in [-0.25, -0.2) is 0 Å². The molecule has 0 saturated heterocycles. The first-order valence-electron chi connectivity index (χ1n) is 4.50. The van der Waals surface area contributed by atoms with E-state index in [2.05, 4.69) is 16.3 Å². The van der Waals surface area contributed by atoms with Gasteiger partial charge in [-0.05, 0) is 6.42 Å². The third-order valence-corrected chi connectivity index (χ3v) is 2.26. The fourth-order valence-corrected chi connectivity index (χ4v) is 1.42. The highest BCUT2D eigenvalue weighted by Crippen LogP contribution is 2.09. The van der Waals surface area contributed by atoms with Gasteiger partial charge in [-0.3, -0.25) is 5.04 Å². The van der Waals surface area contributed by atoms with Gasteiger partial charge < -0.3 is 5.26 Å². The van der Waals surface area contributed by atoms with Crippen LogP contribution in [0.3, 0.4) is 0 Å². The Morgan fingerprint density at radius 2 is 1.75 bits per heavy atom. The molecule has 0 aromatic heterocycles. The fraction of sp³-hybridized carbons (Fsp3) is 1.00. The first-order valence-corrected chi connectivity index (χ1v) is 5.41. The van der Waals surface area contributed by atoms with Gasteiger partial charge in [-0.15, -0.1) is 0 Å². The molecule has 74 valence electrons. The molecule has 0 N–H and O–H groups in total. The molecule has 0 radical (unpaired) electrons. The van der Waals surface area contributed by atoms with E-state index in [4.69, 9.17) is 0 Å². The van der Waals surface area contributed by atoms with Gasteiger partial charge >= 0.3 is 0 Å². The summed E-state index contributed by atoms with van der Waals surface area (Å²) in [4.78, 5) is 0. The number of unbranched alkanes of at least 4 members (excludes halogenated alkanes) is 5. The molecule has 4 heteroatoms. The lowest BCUT2D eigenvalue weighted by Crippen LogP contribution is -2.01. The van der Waals surface area contributed by atoms with Crippen molar-refractivity contribution in [3.05, 3.63) is 0 Å². The van der Waals surface area contributed by atoms with Crippen molar-refractivity contribution in [3.8, 4) is 0 Å². The molecule has 3 nitrogen and oxygen atoms in total. The molecule has 0 unspecified atom stereocenters. The zero-order chi connectivity index (χ0) is 9.07. The van der Waals surface area contributed by atoms with E-state index in [0.717, 1.165) is 24.2 Å². The van der Waals surface area contributed by atoms with Crippen LogP contribution in [0.5, 0.6) is 0 Å². The van der Waals surface area contributed by atoms with E-state index >= 15 is 0 Å². The van der Waals surface area contributed by atoms with Gasteiger partial charge in [0.15, 0.2) is 0 Å². The number of rotatable bonds is 9. The van der Waals surface area contributed by atoms with E-state index in [1.54, 1.807) is 0 Å². The van der Waals surface area contributed by atoms with E-state index in [1.807, 2.05) is 0 Å². The summed E-state index contributed by atoms with van der Waals surface area (Å²) in [6.07, 6.45) is 7.52. The summed E-state index contributed by atoms with van der Waals surface area (Å²) in [7, 11) is 0. The Kier molecular flexibility index (Phi) is 11.4. The lowest BCUT2D eigenvalue weighted by molar-refractivity contribution is -0.777. The van der Waals surface area contributed by atoms with E-state index in [9.17, 15) is 5.26 Å². The Bertz CT molecular complexity index is 70.7. The third-order valence-electron chi connectivity index (χ3n) is 1.66. The van der Waals surface area contributed by atoms with Crippen LogP contribution >= 0.6 is 12.0 Å². The van der Waals surface area contributed by atoms with Gasteiger partial charge in [0, 0.05) is 17.8 Å². The van der Waals surface area contributed by atoms with Crippen LogP contribution in [-0.4, -0.2) is 5.75 Å². The highest BCUT2D eigenvalue weighted by Gasteiger charge is 1.90. The van der Waals surface area contributed by atoms with Gasteiger partial charge in [0.25, 0.3) is 0 Å². The maximum Gasteiger partial charge on any atom is 0.0305 e. The summed E-state index contributed by atoms with van der Waals surface area (Å²) in [5.74, 6) is 0.842. The van der Waals surface area contributed by atoms with Crippen LogP contribution in [0.2, 0.25) is 0 Å². The molecule has 0 aliphatic rings. The molecule has 12 heavy (non-hydrogen) atoms. The van der Waals surface area contributed by atoms with Crippen molar-refractivity contribution in [2.75, 3.05) is 5.75 Å². The first-order chi connectivity index (χ1) is 5.91. The minimum absolute atomic E-state index is 0.842. The summed E-state index contributed by atoms with van der Waals surface area (Å²) >= 11 is 1.08. The summed E-state index contributed by atoms with van der Waals surface area (Å²) < 4.78 is 4.12. The number of hydrogen-bond acceptors (Lipinski definition) is 4. The second-order valence-corrected chi connectivity index (χ2v) is 3.51. The standard InChI is InChI=1S/C8H18O3S/c1-2-3-4-5-6-7-8-12-11-10-9/h9H,2-8H2,1H3/p-1. The Hall–Kier alpha value is 0.230. The predicted molar refractivity (Wildman–Crippen MR) is 48.0 cm³/mol. The maximum absolute atomic E-state index is 9.36. The van der Waals surface area contributed by atoms with Crippen molar-refractivity contribution in [3.63, 3.8) is 0 Å². The second kappa shape index (κ2) is 11.2. The molecular formula is C8H17O3S-. The van der Waals surface area contributed by atoms with Crippen molar-refractivity contribution in [2.24, 2.45) is 0 Å². The Morgan fingerprint density at radius 1 is 1.08 bits per heavy atom. The van der Waals surface area contributed by atoms with E-state index in [-0.39, 0.29) is 0 Å². The van der Waals surface area contributed by atoms with Crippen LogP contribution in [-0.2, 0) is 9.37 Å². The molecular weight excluding hydrogens is 176 g/mol. The lowest BCUT2D eigenvalue weighted by atomic mass is 10.1. The molecule has 0 saturated carbocycles. The largest absolute Gasteiger partial charge is 0.691 e. The van der Waals surface area contributed by atoms with Crippen LogP contribution in [0.1, 0.15) is 45.4 Å². The van der Waals surface area contributed by atoms with Gasteiger partial charge in [0.05, 0.1) is 0 Å². The molecule has 0 heterocycles. The maximum atomic E-state index is 9.36. The molecule has 0 aliphatic carbocycles. The van der Waals surface area contributed by atoms with Gasteiger partial charge in [-0.2, -0.15) is 4.33 Å². The Morgan fingerprint density at radius 3 is 2.42 bits per heavy atom. The van der Waals surface area contributed by atoms with Crippen molar-refractivity contribution in [1.29, 1.82) is 0 Å². The Labute approximate surface area is 78.5 Å². The van der Waals surface area contributed by atoms with E-state index < -0.39 is 0 Å². The smallest absolute Gasteiger partial charge is 0.0305 e. The molecule has 0 aromatic carbocycles. The topological polar surface area (TPSA) is 41.5 Å². The molecule has 0 rings (SSSR count). The normalized spacial score (nSPS) is 10.5. The first kappa shape index (κ1) is 12.2. The second-order valence-electron chi connectivity index (χ2n) is 2.73. The monoisotopic (exact) mass is 193 g/mol. The van der Waals surface area contributed by atoms with Crippen molar-refractivity contribution >= 4 is 12.0 Å². The molecule has 0 bridgehead atoms. The fourth-order valence-electron chi connectivity index (χ4n) is 0.995. The average molecular weight is 193 g/mol. The molecule has 0 spiro atoms. The van der Waals surface area contributed by atoms with Crippen molar-refractivity contribution in [2.45, 2.75) is 45.4 Å². The Balaban J connectivity index is 2.73. The average Bonchev–Trinajstić information content (AvgIpc) is 2.10. The van der Waals surface area contributed by atoms with Gasteiger partial charge in [0.1, 0.15) is 0 Å². The predicted octanol–water partition coefficient (Wildman–Crippen LogP) is 2.22. The summed E-state index contributed by atoms with van der Waals surface area (Å²) in [5, 5.41) is 12.6. The minimum atomic E-state index is 0.842. The minimum Gasteiger partial charge on any atom is -0.691 e. The van der Waals surface area contributed by atoms with Crippen LogP contribution < -0.4 is 5.26 Å². The third kappa shape index (κ3) is 10.2.